The van der Waals surface area contributed by atoms with Crippen LogP contribution in [0.2, 0.25) is 0 Å². The molecule has 2 aliphatic heterocycles. The molecular formula is C19H28N2. The van der Waals surface area contributed by atoms with Gasteiger partial charge in [-0.15, -0.1) is 0 Å². The average molecular weight is 284 g/mol. The third-order valence-electron chi connectivity index (χ3n) is 6.13. The highest BCUT2D eigenvalue weighted by molar-refractivity contribution is 5.26. The molecule has 2 heterocycles. The molecule has 1 unspecified atom stereocenters. The molecule has 0 aromatic heterocycles. The molecule has 0 bridgehead atoms. The molecule has 2 nitrogen and oxygen atoms in total. The molecule has 0 radical (unpaired) electrons. The number of nitrogens with zero attached hydrogens (tertiary/aromatic N) is 1. The van der Waals surface area contributed by atoms with Crippen LogP contribution in [0, 0.1) is 11.3 Å². The lowest BCUT2D eigenvalue weighted by molar-refractivity contribution is -0.0836. The monoisotopic (exact) mass is 284 g/mol. The molecule has 1 saturated carbocycles. The molecule has 114 valence electrons. The first-order valence-electron chi connectivity index (χ1n) is 8.87. The predicted octanol–water partition coefficient (Wildman–Crippen LogP) is 3.60. The Morgan fingerprint density at radius 3 is 2.48 bits per heavy atom. The standard InChI is InChI=1S/C19H28N2/c1-2-6-17(7-3-1)18-19(10-4-5-11-19)15-21(18)14-16-8-12-20-13-9-16/h1-3,6-7,16,18,20H,4-5,8-15H2. The van der Waals surface area contributed by atoms with Crippen molar-refractivity contribution in [2.45, 2.75) is 44.6 Å². The first kappa shape index (κ1) is 13.8. The highest BCUT2D eigenvalue weighted by Crippen LogP contribution is 2.58. The second-order valence-corrected chi connectivity index (χ2v) is 7.51. The lowest BCUT2D eigenvalue weighted by Crippen LogP contribution is -2.58. The summed E-state index contributed by atoms with van der Waals surface area (Å²) in [6.07, 6.45) is 8.54. The maximum atomic E-state index is 3.50. The lowest BCUT2D eigenvalue weighted by Gasteiger charge is -2.58. The van der Waals surface area contributed by atoms with Crippen LogP contribution < -0.4 is 5.32 Å². The van der Waals surface area contributed by atoms with E-state index in [1.807, 2.05) is 0 Å². The van der Waals surface area contributed by atoms with Crippen molar-refractivity contribution in [3.8, 4) is 0 Å². The second kappa shape index (κ2) is 5.73. The number of rotatable bonds is 3. The van der Waals surface area contributed by atoms with Crippen molar-refractivity contribution in [2.75, 3.05) is 26.2 Å². The molecule has 2 saturated heterocycles. The minimum atomic E-state index is 0.619. The summed E-state index contributed by atoms with van der Waals surface area (Å²) in [7, 11) is 0. The van der Waals surface area contributed by atoms with E-state index in [-0.39, 0.29) is 0 Å². The smallest absolute Gasteiger partial charge is 0.0416 e. The van der Waals surface area contributed by atoms with Crippen LogP contribution in [0.1, 0.15) is 50.1 Å². The van der Waals surface area contributed by atoms with Crippen LogP contribution in [-0.2, 0) is 0 Å². The lowest BCUT2D eigenvalue weighted by atomic mass is 9.67. The Kier molecular flexibility index (Phi) is 3.76. The molecule has 1 atom stereocenters. The van der Waals surface area contributed by atoms with E-state index in [2.05, 4.69) is 40.5 Å². The van der Waals surface area contributed by atoms with Gasteiger partial charge < -0.3 is 5.32 Å². The summed E-state index contributed by atoms with van der Waals surface area (Å²) in [5.74, 6) is 0.913. The van der Waals surface area contributed by atoms with E-state index >= 15 is 0 Å². The topological polar surface area (TPSA) is 15.3 Å². The van der Waals surface area contributed by atoms with Gasteiger partial charge in [0.25, 0.3) is 0 Å². The number of benzene rings is 1. The molecule has 1 aromatic rings. The highest BCUT2D eigenvalue weighted by atomic mass is 15.3. The maximum Gasteiger partial charge on any atom is 0.0416 e. The number of hydrogen-bond acceptors (Lipinski definition) is 2. The zero-order valence-electron chi connectivity index (χ0n) is 13.1. The first-order valence-corrected chi connectivity index (χ1v) is 8.87. The fraction of sp³-hybridized carbons (Fsp3) is 0.684. The number of likely N-dealkylation sites (tertiary alicyclic amines) is 1. The van der Waals surface area contributed by atoms with E-state index in [1.165, 1.54) is 64.7 Å². The van der Waals surface area contributed by atoms with Crippen LogP contribution in [0.25, 0.3) is 0 Å². The number of hydrogen-bond donors (Lipinski definition) is 1. The second-order valence-electron chi connectivity index (χ2n) is 7.51. The molecule has 3 aliphatic rings. The maximum absolute atomic E-state index is 3.50. The van der Waals surface area contributed by atoms with Gasteiger partial charge in [-0.1, -0.05) is 43.2 Å². The Balaban J connectivity index is 1.51. The molecule has 1 N–H and O–H groups in total. The molecular weight excluding hydrogens is 256 g/mol. The van der Waals surface area contributed by atoms with E-state index in [0.29, 0.717) is 11.5 Å². The summed E-state index contributed by atoms with van der Waals surface area (Å²) in [5, 5.41) is 3.50. The van der Waals surface area contributed by atoms with Crippen molar-refractivity contribution >= 4 is 0 Å². The molecule has 21 heavy (non-hydrogen) atoms. The zero-order chi connectivity index (χ0) is 14.1. The first-order chi connectivity index (χ1) is 10.4. The SMILES string of the molecule is c1ccc(C2N(CC3CCNCC3)CC23CCCC3)cc1. The van der Waals surface area contributed by atoms with E-state index < -0.39 is 0 Å². The average Bonchev–Trinajstić information content (AvgIpc) is 3.00. The highest BCUT2D eigenvalue weighted by Gasteiger charge is 2.53. The van der Waals surface area contributed by atoms with Crippen molar-refractivity contribution in [3.63, 3.8) is 0 Å². The summed E-state index contributed by atoms with van der Waals surface area (Å²) in [6, 6.07) is 12.0. The molecule has 3 fully saturated rings. The molecule has 1 spiro atoms. The molecule has 0 amide bonds. The number of piperidine rings is 1. The van der Waals surface area contributed by atoms with Crippen LogP contribution in [0.15, 0.2) is 30.3 Å². The zero-order valence-corrected chi connectivity index (χ0v) is 13.1. The van der Waals surface area contributed by atoms with Gasteiger partial charge in [0.2, 0.25) is 0 Å². The Morgan fingerprint density at radius 1 is 1.05 bits per heavy atom. The molecule has 2 heteroatoms. The normalized spacial score (nSPS) is 29.6. The van der Waals surface area contributed by atoms with Crippen molar-refractivity contribution in [1.82, 2.24) is 10.2 Å². The van der Waals surface area contributed by atoms with Gasteiger partial charge in [0.05, 0.1) is 0 Å². The predicted molar refractivity (Wildman–Crippen MR) is 87.3 cm³/mol. The van der Waals surface area contributed by atoms with Crippen molar-refractivity contribution < 1.29 is 0 Å². The Labute approximate surface area is 128 Å². The fourth-order valence-electron chi connectivity index (χ4n) is 5.13. The van der Waals surface area contributed by atoms with E-state index in [9.17, 15) is 0 Å². The van der Waals surface area contributed by atoms with Crippen LogP contribution in [0.4, 0.5) is 0 Å². The van der Waals surface area contributed by atoms with Crippen molar-refractivity contribution in [1.29, 1.82) is 0 Å². The van der Waals surface area contributed by atoms with Crippen LogP contribution in [0.5, 0.6) is 0 Å². The van der Waals surface area contributed by atoms with Crippen molar-refractivity contribution in [3.05, 3.63) is 35.9 Å². The third-order valence-corrected chi connectivity index (χ3v) is 6.13. The van der Waals surface area contributed by atoms with Crippen molar-refractivity contribution in [2.24, 2.45) is 11.3 Å². The Morgan fingerprint density at radius 2 is 1.76 bits per heavy atom. The fourth-order valence-corrected chi connectivity index (χ4v) is 5.13. The van der Waals surface area contributed by atoms with Gasteiger partial charge >= 0.3 is 0 Å². The third kappa shape index (κ3) is 2.53. The molecule has 4 rings (SSSR count). The van der Waals surface area contributed by atoms with Gasteiger partial charge in [-0.25, -0.2) is 0 Å². The molecule has 1 aliphatic carbocycles. The largest absolute Gasteiger partial charge is 0.317 e. The minimum absolute atomic E-state index is 0.619. The van der Waals surface area contributed by atoms with Gasteiger partial charge in [-0.2, -0.15) is 0 Å². The van der Waals surface area contributed by atoms with E-state index in [4.69, 9.17) is 0 Å². The summed E-state index contributed by atoms with van der Waals surface area (Å²) in [4.78, 5) is 2.80. The van der Waals surface area contributed by atoms with E-state index in [0.717, 1.165) is 5.92 Å². The van der Waals surface area contributed by atoms with Crippen LogP contribution in [-0.4, -0.2) is 31.1 Å². The number of nitrogens with one attached hydrogen (secondary N) is 1. The van der Waals surface area contributed by atoms with Gasteiger partial charge in [0.15, 0.2) is 0 Å². The minimum Gasteiger partial charge on any atom is -0.317 e. The van der Waals surface area contributed by atoms with Gasteiger partial charge in [0, 0.05) is 24.5 Å². The Hall–Kier alpha value is -0.860. The van der Waals surface area contributed by atoms with E-state index in [1.54, 1.807) is 5.56 Å². The summed E-state index contributed by atoms with van der Waals surface area (Å²) >= 11 is 0. The van der Waals surface area contributed by atoms with Gasteiger partial charge in [-0.05, 0) is 50.3 Å². The van der Waals surface area contributed by atoms with Crippen LogP contribution >= 0.6 is 0 Å². The quantitative estimate of drug-likeness (QED) is 0.912. The summed E-state index contributed by atoms with van der Waals surface area (Å²) < 4.78 is 0. The summed E-state index contributed by atoms with van der Waals surface area (Å²) in [5.41, 5.74) is 2.19. The van der Waals surface area contributed by atoms with Gasteiger partial charge in [0.1, 0.15) is 0 Å². The summed E-state index contributed by atoms with van der Waals surface area (Å²) in [6.45, 7) is 5.12. The molecule has 1 aromatic carbocycles. The van der Waals surface area contributed by atoms with Crippen LogP contribution in [0.3, 0.4) is 0 Å². The Bertz CT molecular complexity index is 458. The van der Waals surface area contributed by atoms with Gasteiger partial charge in [-0.3, -0.25) is 4.90 Å².